The minimum absolute atomic E-state index is 0.102. The zero-order chi connectivity index (χ0) is 17.5. The summed E-state index contributed by atoms with van der Waals surface area (Å²) >= 11 is 0. The van der Waals surface area contributed by atoms with E-state index in [-0.39, 0.29) is 5.56 Å². The highest BCUT2D eigenvalue weighted by Crippen LogP contribution is 2.38. The molecule has 1 amide bonds. The second-order valence-corrected chi connectivity index (χ2v) is 6.21. The van der Waals surface area contributed by atoms with Crippen LogP contribution in [0.1, 0.15) is 50.0 Å². The van der Waals surface area contributed by atoms with Gasteiger partial charge >= 0.3 is 13.4 Å². The van der Waals surface area contributed by atoms with Crippen LogP contribution in [0.2, 0.25) is 0 Å². The molecular weight excluding hydrogens is 310 g/mol. The Labute approximate surface area is 133 Å². The van der Waals surface area contributed by atoms with E-state index in [1.54, 1.807) is 0 Å². The molecule has 0 aliphatic carbocycles. The largest absolute Gasteiger partial charge is 0.594 e. The summed E-state index contributed by atoms with van der Waals surface area (Å²) < 4.78 is 49.5. The summed E-state index contributed by atoms with van der Waals surface area (Å²) in [7, 11) is -1.00. The van der Waals surface area contributed by atoms with Crippen LogP contribution in [-0.2, 0) is 15.5 Å². The van der Waals surface area contributed by atoms with Gasteiger partial charge in [-0.25, -0.2) is 0 Å². The van der Waals surface area contributed by atoms with Crippen LogP contribution in [0, 0.1) is 0 Å². The lowest BCUT2D eigenvalue weighted by Crippen LogP contribution is -2.44. The zero-order valence-corrected chi connectivity index (χ0v) is 13.5. The van der Waals surface area contributed by atoms with Crippen LogP contribution in [-0.4, -0.2) is 24.4 Å². The van der Waals surface area contributed by atoms with Crippen LogP contribution in [0.3, 0.4) is 0 Å². The summed E-state index contributed by atoms with van der Waals surface area (Å²) in [6, 6.07) is 4.21. The Morgan fingerprint density at radius 1 is 1.26 bits per heavy atom. The average Bonchev–Trinajstić information content (AvgIpc) is 2.68. The van der Waals surface area contributed by atoms with Crippen LogP contribution in [0.5, 0.6) is 0 Å². The van der Waals surface area contributed by atoms with Gasteiger partial charge in [0.05, 0.1) is 16.8 Å². The van der Waals surface area contributed by atoms with Gasteiger partial charge in [-0.3, -0.25) is 4.79 Å². The fourth-order valence-corrected chi connectivity index (χ4v) is 2.39. The van der Waals surface area contributed by atoms with Gasteiger partial charge < -0.3 is 14.5 Å². The molecule has 1 unspecified atom stereocenters. The van der Waals surface area contributed by atoms with Crippen molar-refractivity contribution in [3.05, 3.63) is 35.4 Å². The maximum absolute atomic E-state index is 12.7. The van der Waals surface area contributed by atoms with Gasteiger partial charge in [0.2, 0.25) is 5.91 Å². The van der Waals surface area contributed by atoms with E-state index >= 15 is 0 Å². The van der Waals surface area contributed by atoms with Crippen LogP contribution in [0.25, 0.3) is 0 Å². The third-order valence-electron chi connectivity index (χ3n) is 4.42. The van der Waals surface area contributed by atoms with Crippen molar-refractivity contribution >= 4 is 13.2 Å². The molecule has 8 heteroatoms. The Morgan fingerprint density at radius 3 is 2.43 bits per heavy atom. The Bertz CT molecular complexity index is 606. The molecule has 1 aromatic rings. The van der Waals surface area contributed by atoms with Crippen LogP contribution >= 0.6 is 0 Å². The summed E-state index contributed by atoms with van der Waals surface area (Å²) in [4.78, 5) is 12.2. The van der Waals surface area contributed by atoms with Gasteiger partial charge in [-0.2, -0.15) is 13.2 Å². The molecule has 1 fully saturated rings. The molecule has 1 saturated heterocycles. The topological polar surface area (TPSA) is 47.6 Å². The maximum atomic E-state index is 12.7. The quantitative estimate of drug-likeness (QED) is 0.865. The SMILES string of the molecule is CCC1(C)OB(NC(=O)c2cccc(C(F)(F)F)c2)OC1(C)C. The summed E-state index contributed by atoms with van der Waals surface area (Å²) in [6.45, 7) is 7.48. The third kappa shape index (κ3) is 3.53. The predicted octanol–water partition coefficient (Wildman–Crippen LogP) is 3.41. The maximum Gasteiger partial charge on any atom is 0.594 e. The molecular formula is C15H19BF3NO3. The number of carbonyl (C=O) groups is 1. The van der Waals surface area contributed by atoms with E-state index in [2.05, 4.69) is 5.23 Å². The number of alkyl halides is 3. The molecule has 126 valence electrons. The van der Waals surface area contributed by atoms with Crippen molar-refractivity contribution in [2.45, 2.75) is 51.5 Å². The minimum Gasteiger partial charge on any atom is -0.384 e. The molecule has 0 aromatic heterocycles. The van der Waals surface area contributed by atoms with Gasteiger partial charge in [0.1, 0.15) is 0 Å². The van der Waals surface area contributed by atoms with E-state index in [9.17, 15) is 18.0 Å². The first-order valence-corrected chi connectivity index (χ1v) is 7.32. The first kappa shape index (κ1) is 17.8. The van der Waals surface area contributed by atoms with Crippen molar-refractivity contribution in [1.82, 2.24) is 5.23 Å². The second kappa shape index (κ2) is 5.83. The summed E-state index contributed by atoms with van der Waals surface area (Å²) in [5.41, 5.74) is -2.21. The van der Waals surface area contributed by atoms with Crippen molar-refractivity contribution in [3.8, 4) is 0 Å². The summed E-state index contributed by atoms with van der Waals surface area (Å²) in [5.74, 6) is -0.683. The number of rotatable bonds is 3. The lowest BCUT2D eigenvalue weighted by Gasteiger charge is -2.35. The highest BCUT2D eigenvalue weighted by Gasteiger charge is 2.54. The first-order chi connectivity index (χ1) is 10.5. The van der Waals surface area contributed by atoms with E-state index in [0.717, 1.165) is 12.1 Å². The van der Waals surface area contributed by atoms with Gasteiger partial charge in [0, 0.05) is 5.56 Å². The van der Waals surface area contributed by atoms with Gasteiger partial charge in [0.15, 0.2) is 0 Å². The molecule has 23 heavy (non-hydrogen) atoms. The Hall–Kier alpha value is -1.54. The van der Waals surface area contributed by atoms with E-state index in [0.29, 0.717) is 6.42 Å². The molecule has 1 heterocycles. The number of benzene rings is 1. The number of hydrogen-bond acceptors (Lipinski definition) is 3. The van der Waals surface area contributed by atoms with Crippen molar-refractivity contribution in [2.24, 2.45) is 0 Å². The van der Waals surface area contributed by atoms with Crippen LogP contribution < -0.4 is 5.23 Å². The van der Waals surface area contributed by atoms with Gasteiger partial charge in [-0.05, 0) is 45.4 Å². The normalized spacial score (nSPS) is 23.9. The van der Waals surface area contributed by atoms with E-state index in [1.165, 1.54) is 12.1 Å². The molecule has 1 atom stereocenters. The van der Waals surface area contributed by atoms with Crippen molar-refractivity contribution in [1.29, 1.82) is 0 Å². The van der Waals surface area contributed by atoms with E-state index in [1.807, 2.05) is 27.7 Å². The lowest BCUT2D eigenvalue weighted by atomic mass is 9.86. The minimum atomic E-state index is -4.50. The Morgan fingerprint density at radius 2 is 1.91 bits per heavy atom. The van der Waals surface area contributed by atoms with Crippen molar-refractivity contribution in [3.63, 3.8) is 0 Å². The van der Waals surface area contributed by atoms with Gasteiger partial charge in [0.25, 0.3) is 0 Å². The van der Waals surface area contributed by atoms with Crippen LogP contribution in [0.15, 0.2) is 24.3 Å². The number of hydrogen-bond donors (Lipinski definition) is 1. The molecule has 0 saturated carbocycles. The molecule has 4 nitrogen and oxygen atoms in total. The standard InChI is InChI=1S/C15H19BF3NO3/c1-5-14(4)13(2,3)22-16(23-14)20-12(21)10-7-6-8-11(9-10)15(17,18)19/h6-9H,5H2,1-4H3,(H,20,21). The van der Waals surface area contributed by atoms with E-state index in [4.69, 9.17) is 9.31 Å². The number of amides is 1. The number of halogens is 3. The molecule has 1 N–H and O–H groups in total. The summed E-state index contributed by atoms with van der Waals surface area (Å²) in [6.07, 6.45) is -3.84. The Kier molecular flexibility index (Phi) is 4.52. The van der Waals surface area contributed by atoms with Gasteiger partial charge in [-0.1, -0.05) is 13.0 Å². The number of nitrogens with one attached hydrogen (secondary N) is 1. The van der Waals surface area contributed by atoms with Crippen molar-refractivity contribution in [2.75, 3.05) is 0 Å². The molecule has 1 aromatic carbocycles. The van der Waals surface area contributed by atoms with Crippen molar-refractivity contribution < 1.29 is 27.3 Å². The molecule has 0 spiro atoms. The molecule has 2 rings (SSSR count). The predicted molar refractivity (Wildman–Crippen MR) is 79.6 cm³/mol. The van der Waals surface area contributed by atoms with Crippen LogP contribution in [0.4, 0.5) is 13.2 Å². The fourth-order valence-electron chi connectivity index (χ4n) is 2.39. The molecule has 1 aliphatic rings. The smallest absolute Gasteiger partial charge is 0.384 e. The second-order valence-electron chi connectivity index (χ2n) is 6.21. The molecule has 1 aliphatic heterocycles. The van der Waals surface area contributed by atoms with Gasteiger partial charge in [-0.15, -0.1) is 0 Å². The van der Waals surface area contributed by atoms with E-state index < -0.39 is 36.1 Å². The highest BCUT2D eigenvalue weighted by atomic mass is 19.4. The molecule has 0 bridgehead atoms. The first-order valence-electron chi connectivity index (χ1n) is 7.32. The monoisotopic (exact) mass is 329 g/mol. The lowest BCUT2D eigenvalue weighted by molar-refractivity contribution is -0.137. The zero-order valence-electron chi connectivity index (χ0n) is 13.5. The third-order valence-corrected chi connectivity index (χ3v) is 4.42. The Balaban J connectivity index is 2.12. The average molecular weight is 329 g/mol. The summed E-state index contributed by atoms with van der Waals surface area (Å²) in [5, 5.41) is 2.47. The fraction of sp³-hybridized carbons (Fsp3) is 0.533. The number of carbonyl (C=O) groups excluding carboxylic acids is 1. The highest BCUT2D eigenvalue weighted by molar-refractivity contribution is 6.47. The molecule has 0 radical (unpaired) electrons.